The Balaban J connectivity index is -0.000000209. The van der Waals surface area contributed by atoms with Crippen molar-refractivity contribution in [3.8, 4) is 0 Å². The van der Waals surface area contributed by atoms with E-state index in [0.717, 1.165) is 6.42 Å². The second-order valence-electron chi connectivity index (χ2n) is 3.41. The third kappa shape index (κ3) is 25.3. The molecule has 0 aromatic heterocycles. The monoisotopic (exact) mass is 386 g/mol. The summed E-state index contributed by atoms with van der Waals surface area (Å²) >= 11 is 23.2. The highest BCUT2D eigenvalue weighted by Gasteiger charge is 2.10. The van der Waals surface area contributed by atoms with E-state index in [2.05, 4.69) is 75.8 Å². The van der Waals surface area contributed by atoms with Crippen molar-refractivity contribution in [1.82, 2.24) is 0 Å². The Labute approximate surface area is 149 Å². The van der Waals surface area contributed by atoms with Crippen LogP contribution in [0.5, 0.6) is 0 Å². The Morgan fingerprint density at radius 2 is 1.16 bits per heavy atom. The van der Waals surface area contributed by atoms with Crippen molar-refractivity contribution in [1.29, 1.82) is 0 Å². The van der Waals surface area contributed by atoms with Crippen LogP contribution < -0.4 is 0 Å². The lowest BCUT2D eigenvalue weighted by Crippen LogP contribution is -2.28. The average Bonchev–Trinajstić information content (AvgIpc) is 2.45. The van der Waals surface area contributed by atoms with E-state index < -0.39 is 12.2 Å². The maximum atomic E-state index is 8.75. The second kappa shape index (κ2) is 20.0. The highest BCUT2D eigenvalue weighted by atomic mass is 32.2. The molecule has 0 saturated carbocycles. The van der Waals surface area contributed by atoms with Crippen LogP contribution in [-0.4, -0.2) is 61.2 Å². The van der Waals surface area contributed by atoms with Crippen LogP contribution in [0.2, 0.25) is 0 Å². The van der Waals surface area contributed by atoms with E-state index in [4.69, 9.17) is 15.3 Å². The van der Waals surface area contributed by atoms with E-state index in [1.807, 2.05) is 6.92 Å². The van der Waals surface area contributed by atoms with Crippen LogP contribution in [-0.2, 0) is 0 Å². The van der Waals surface area contributed by atoms with Gasteiger partial charge in [0.25, 0.3) is 0 Å². The minimum absolute atomic E-state index is 0.0494. The molecule has 0 aliphatic heterocycles. The third-order valence-corrected chi connectivity index (χ3v) is 4.16. The molecule has 0 amide bonds. The van der Waals surface area contributed by atoms with Gasteiger partial charge in [0, 0.05) is 27.1 Å². The van der Waals surface area contributed by atoms with Crippen LogP contribution in [0.15, 0.2) is 0 Å². The van der Waals surface area contributed by atoms with Crippen molar-refractivity contribution in [2.75, 3.05) is 23.9 Å². The highest BCUT2D eigenvalue weighted by Crippen LogP contribution is 2.01. The standard InChI is InChI=1S/C4H10O2S2.C3H8OS2.C3H8S2/c5-3(1-7)4(6)2-8;4-1-3(6)2-5;1-2-3(4)5/h3-8H,1-2H2;3-6H,1-2H2;3-5H,2H2,1H3/t3-,4-;;/m1../s1. The summed E-state index contributed by atoms with van der Waals surface area (Å²) in [5.41, 5.74) is 0. The molecule has 0 bridgehead atoms. The third-order valence-electron chi connectivity index (χ3n) is 1.60. The summed E-state index contributed by atoms with van der Waals surface area (Å²) in [5.74, 6) is 1.20. The molecule has 0 aliphatic rings. The summed E-state index contributed by atoms with van der Waals surface area (Å²) in [6, 6.07) is 0. The van der Waals surface area contributed by atoms with Gasteiger partial charge in [-0.15, -0.1) is 0 Å². The molecule has 0 radical (unpaired) electrons. The lowest BCUT2D eigenvalue weighted by molar-refractivity contribution is 0.0504. The average molecular weight is 387 g/mol. The van der Waals surface area contributed by atoms with Gasteiger partial charge in [0.1, 0.15) is 0 Å². The minimum atomic E-state index is -0.740. The largest absolute Gasteiger partial charge is 0.395 e. The topological polar surface area (TPSA) is 60.7 Å². The number of aliphatic hydroxyl groups is 3. The molecule has 3 nitrogen and oxygen atoms in total. The second-order valence-corrected chi connectivity index (χ2v) is 6.89. The van der Waals surface area contributed by atoms with E-state index in [1.54, 1.807) is 0 Å². The predicted molar refractivity (Wildman–Crippen MR) is 105 cm³/mol. The summed E-state index contributed by atoms with van der Waals surface area (Å²) in [6.07, 6.45) is -0.446. The molecule has 1 unspecified atom stereocenters. The van der Waals surface area contributed by atoms with Crippen LogP contribution in [0.25, 0.3) is 0 Å². The Bertz CT molecular complexity index is 152. The molecule has 19 heavy (non-hydrogen) atoms. The number of hydrogen-bond donors (Lipinski definition) is 9. The first-order valence-corrected chi connectivity index (χ1v) is 9.08. The predicted octanol–water partition coefficient (Wildman–Crippen LogP) is 1.36. The van der Waals surface area contributed by atoms with Gasteiger partial charge in [0.15, 0.2) is 0 Å². The fourth-order valence-corrected chi connectivity index (χ4v) is 0.903. The molecular formula is C10H26O3S6. The SMILES string of the molecule is CCC(S)S.OCC(S)CS.O[C@H](CS)[C@H](O)CS. The summed E-state index contributed by atoms with van der Waals surface area (Å²) in [4.78, 5) is 0. The van der Waals surface area contributed by atoms with Crippen molar-refractivity contribution in [2.45, 2.75) is 35.4 Å². The zero-order valence-corrected chi connectivity index (χ0v) is 16.2. The molecule has 0 spiro atoms. The van der Waals surface area contributed by atoms with Gasteiger partial charge in [-0.1, -0.05) is 6.92 Å². The lowest BCUT2D eigenvalue weighted by Gasteiger charge is -2.11. The van der Waals surface area contributed by atoms with E-state index in [-0.39, 0.29) is 27.9 Å². The van der Waals surface area contributed by atoms with Gasteiger partial charge < -0.3 is 15.3 Å². The van der Waals surface area contributed by atoms with E-state index in [0.29, 0.717) is 5.75 Å². The van der Waals surface area contributed by atoms with Crippen LogP contribution >= 0.6 is 75.8 Å². The number of aliphatic hydroxyl groups excluding tert-OH is 3. The van der Waals surface area contributed by atoms with Crippen molar-refractivity contribution < 1.29 is 15.3 Å². The van der Waals surface area contributed by atoms with E-state index in [1.165, 1.54) is 0 Å². The molecule has 0 heterocycles. The van der Waals surface area contributed by atoms with Gasteiger partial charge in [0.05, 0.1) is 18.8 Å². The van der Waals surface area contributed by atoms with Gasteiger partial charge in [-0.3, -0.25) is 0 Å². The Morgan fingerprint density at radius 3 is 1.21 bits per heavy atom. The first kappa shape index (κ1) is 25.9. The van der Waals surface area contributed by atoms with Crippen molar-refractivity contribution in [2.24, 2.45) is 0 Å². The first-order valence-electron chi connectivity index (χ1n) is 5.64. The Kier molecular flexibility index (Phi) is 27.2. The molecular weight excluding hydrogens is 361 g/mol. The summed E-state index contributed by atoms with van der Waals surface area (Å²) in [5, 5.41) is 25.8. The maximum Gasteiger partial charge on any atom is 0.0894 e. The normalized spacial score (nSPS) is 14.7. The maximum absolute atomic E-state index is 8.75. The fourth-order valence-electron chi connectivity index (χ4n) is 0.301. The quantitative estimate of drug-likeness (QED) is 0.256. The molecule has 0 aromatic carbocycles. The smallest absolute Gasteiger partial charge is 0.0894 e. The summed E-state index contributed by atoms with van der Waals surface area (Å²) in [7, 11) is 0. The van der Waals surface area contributed by atoms with Crippen LogP contribution in [0.3, 0.4) is 0 Å². The molecule has 0 rings (SSSR count). The minimum Gasteiger partial charge on any atom is -0.395 e. The van der Waals surface area contributed by atoms with E-state index >= 15 is 0 Å². The van der Waals surface area contributed by atoms with E-state index in [9.17, 15) is 0 Å². The molecule has 3 N–H and O–H groups in total. The number of hydrogen-bond acceptors (Lipinski definition) is 9. The number of thiol groups is 6. The molecule has 3 atom stereocenters. The van der Waals surface area contributed by atoms with Gasteiger partial charge in [-0.05, 0) is 6.42 Å². The molecule has 9 heteroatoms. The molecule has 0 aromatic rings. The Morgan fingerprint density at radius 1 is 0.842 bits per heavy atom. The lowest BCUT2D eigenvalue weighted by atomic mass is 10.3. The summed E-state index contributed by atoms with van der Waals surface area (Å²) < 4.78 is 0.273. The van der Waals surface area contributed by atoms with Gasteiger partial charge in [0.2, 0.25) is 0 Å². The van der Waals surface area contributed by atoms with Gasteiger partial charge in [-0.2, -0.15) is 75.8 Å². The van der Waals surface area contributed by atoms with Crippen molar-refractivity contribution >= 4 is 75.8 Å². The highest BCUT2D eigenvalue weighted by molar-refractivity contribution is 7.99. The Hall–Kier alpha value is 1.98. The zero-order valence-electron chi connectivity index (χ0n) is 10.9. The zero-order chi connectivity index (χ0) is 15.8. The first-order chi connectivity index (χ1) is 8.80. The van der Waals surface area contributed by atoms with Crippen LogP contribution in [0, 0.1) is 0 Å². The van der Waals surface area contributed by atoms with Gasteiger partial charge >= 0.3 is 0 Å². The number of rotatable bonds is 6. The van der Waals surface area contributed by atoms with Crippen molar-refractivity contribution in [3.05, 3.63) is 0 Å². The fraction of sp³-hybridized carbons (Fsp3) is 1.00. The van der Waals surface area contributed by atoms with Crippen LogP contribution in [0.4, 0.5) is 0 Å². The van der Waals surface area contributed by atoms with Crippen molar-refractivity contribution in [3.63, 3.8) is 0 Å². The molecule has 0 fully saturated rings. The van der Waals surface area contributed by atoms with Crippen LogP contribution in [0.1, 0.15) is 13.3 Å². The summed E-state index contributed by atoms with van der Waals surface area (Å²) in [6.45, 7) is 2.16. The molecule has 0 saturated heterocycles. The molecule has 0 aliphatic carbocycles. The van der Waals surface area contributed by atoms with Gasteiger partial charge in [-0.25, -0.2) is 0 Å². The molecule has 120 valence electrons.